The second kappa shape index (κ2) is 4.75. The second-order valence-corrected chi connectivity index (χ2v) is 4.89. The van der Waals surface area contributed by atoms with Crippen molar-refractivity contribution in [2.24, 2.45) is 0 Å². The molecule has 0 aliphatic heterocycles. The van der Waals surface area contributed by atoms with E-state index in [0.717, 1.165) is 27.9 Å². The van der Waals surface area contributed by atoms with E-state index in [2.05, 4.69) is 13.0 Å². The Balaban J connectivity index is 1.97. The monoisotopic (exact) mass is 262 g/mol. The van der Waals surface area contributed by atoms with Crippen LogP contribution >= 0.6 is 0 Å². The van der Waals surface area contributed by atoms with E-state index in [1.54, 1.807) is 0 Å². The first-order valence-electron chi connectivity index (χ1n) is 6.44. The molecule has 20 heavy (non-hydrogen) atoms. The maximum absolute atomic E-state index is 8.80. The van der Waals surface area contributed by atoms with Crippen molar-refractivity contribution >= 4 is 16.7 Å². The Morgan fingerprint density at radius 2 is 1.90 bits per heavy atom. The Kier molecular flexibility index (Phi) is 2.92. The highest BCUT2D eigenvalue weighted by atomic mass is 16.3. The van der Waals surface area contributed by atoms with Gasteiger partial charge in [-0.1, -0.05) is 12.1 Å². The van der Waals surface area contributed by atoms with Gasteiger partial charge in [0.1, 0.15) is 11.3 Å². The average molecular weight is 262 g/mol. The third-order valence-electron chi connectivity index (χ3n) is 3.51. The van der Waals surface area contributed by atoms with E-state index in [0.29, 0.717) is 17.7 Å². The summed E-state index contributed by atoms with van der Waals surface area (Å²) in [5.74, 6) is 0.940. The third kappa shape index (κ3) is 2.12. The zero-order chi connectivity index (χ0) is 14.1. The van der Waals surface area contributed by atoms with Crippen LogP contribution in [0, 0.1) is 18.3 Å². The number of hydrogen-bond donors (Lipinski definition) is 1. The van der Waals surface area contributed by atoms with Crippen molar-refractivity contribution in [3.63, 3.8) is 0 Å². The zero-order valence-corrected chi connectivity index (χ0v) is 11.2. The summed E-state index contributed by atoms with van der Waals surface area (Å²) in [7, 11) is 0. The van der Waals surface area contributed by atoms with Crippen LogP contribution in [0.4, 0.5) is 5.69 Å². The van der Waals surface area contributed by atoms with Crippen molar-refractivity contribution in [3.05, 3.63) is 64.9 Å². The Hall–Kier alpha value is -2.73. The molecule has 2 aromatic carbocycles. The molecule has 3 nitrogen and oxygen atoms in total. The molecule has 0 bridgehead atoms. The van der Waals surface area contributed by atoms with Gasteiger partial charge in [-0.25, -0.2) is 0 Å². The Morgan fingerprint density at radius 3 is 2.60 bits per heavy atom. The molecule has 0 saturated carbocycles. The van der Waals surface area contributed by atoms with Gasteiger partial charge < -0.3 is 10.2 Å². The lowest BCUT2D eigenvalue weighted by atomic mass is 10.0. The molecule has 0 atom stereocenters. The quantitative estimate of drug-likeness (QED) is 0.715. The number of rotatable bonds is 2. The van der Waals surface area contributed by atoms with Crippen LogP contribution in [0.5, 0.6) is 0 Å². The van der Waals surface area contributed by atoms with E-state index in [1.165, 1.54) is 0 Å². The molecule has 3 aromatic rings. The standard InChI is InChI=1S/C17H14N2O/c1-11-15-7-6-14(19)9-17(15)20-16(11)8-12-2-4-13(10-18)5-3-12/h2-7,9H,8,19H2,1H3. The zero-order valence-electron chi connectivity index (χ0n) is 11.2. The van der Waals surface area contributed by atoms with E-state index < -0.39 is 0 Å². The molecule has 1 heterocycles. The minimum absolute atomic E-state index is 0.669. The Labute approximate surface area is 117 Å². The van der Waals surface area contributed by atoms with Gasteiger partial charge in [0.15, 0.2) is 0 Å². The maximum atomic E-state index is 8.80. The summed E-state index contributed by atoms with van der Waals surface area (Å²) in [6, 6.07) is 15.4. The number of nitriles is 1. The Bertz CT molecular complexity index is 807. The molecule has 2 N–H and O–H groups in total. The maximum Gasteiger partial charge on any atom is 0.136 e. The van der Waals surface area contributed by atoms with E-state index in [4.69, 9.17) is 15.4 Å². The minimum atomic E-state index is 0.669. The lowest BCUT2D eigenvalue weighted by molar-refractivity contribution is 0.559. The first-order chi connectivity index (χ1) is 9.67. The molecule has 98 valence electrons. The van der Waals surface area contributed by atoms with Crippen LogP contribution in [0.1, 0.15) is 22.5 Å². The topological polar surface area (TPSA) is 63.0 Å². The molecule has 3 rings (SSSR count). The molecule has 0 amide bonds. The largest absolute Gasteiger partial charge is 0.460 e. The Morgan fingerprint density at radius 1 is 1.15 bits per heavy atom. The summed E-state index contributed by atoms with van der Waals surface area (Å²) in [4.78, 5) is 0. The summed E-state index contributed by atoms with van der Waals surface area (Å²) in [5.41, 5.74) is 10.2. The van der Waals surface area contributed by atoms with Gasteiger partial charge in [0.2, 0.25) is 0 Å². The molecule has 0 aliphatic carbocycles. The lowest BCUT2D eigenvalue weighted by Gasteiger charge is -1.99. The van der Waals surface area contributed by atoms with Crippen LogP contribution < -0.4 is 5.73 Å². The highest BCUT2D eigenvalue weighted by Crippen LogP contribution is 2.28. The van der Waals surface area contributed by atoms with Crippen LogP contribution in [-0.4, -0.2) is 0 Å². The summed E-state index contributed by atoms with van der Waals surface area (Å²) >= 11 is 0. The van der Waals surface area contributed by atoms with Gasteiger partial charge in [-0.05, 0) is 42.3 Å². The highest BCUT2D eigenvalue weighted by molar-refractivity contribution is 5.84. The average Bonchev–Trinajstić information content (AvgIpc) is 2.75. The van der Waals surface area contributed by atoms with Gasteiger partial charge in [0, 0.05) is 23.6 Å². The number of anilines is 1. The number of fused-ring (bicyclic) bond motifs is 1. The third-order valence-corrected chi connectivity index (χ3v) is 3.51. The second-order valence-electron chi connectivity index (χ2n) is 4.89. The predicted molar refractivity (Wildman–Crippen MR) is 79.3 cm³/mol. The smallest absolute Gasteiger partial charge is 0.136 e. The highest BCUT2D eigenvalue weighted by Gasteiger charge is 2.11. The van der Waals surface area contributed by atoms with E-state index >= 15 is 0 Å². The van der Waals surface area contributed by atoms with Gasteiger partial charge in [-0.2, -0.15) is 5.26 Å². The molecule has 0 aliphatic rings. The van der Waals surface area contributed by atoms with Crippen molar-refractivity contribution in [3.8, 4) is 6.07 Å². The first kappa shape index (κ1) is 12.3. The van der Waals surface area contributed by atoms with Crippen LogP contribution in [-0.2, 0) is 6.42 Å². The van der Waals surface area contributed by atoms with Crippen LogP contribution in [0.3, 0.4) is 0 Å². The molecule has 1 aromatic heterocycles. The fraction of sp³-hybridized carbons (Fsp3) is 0.118. The van der Waals surface area contributed by atoms with Crippen molar-refractivity contribution in [2.45, 2.75) is 13.3 Å². The fourth-order valence-electron chi connectivity index (χ4n) is 2.34. The molecule has 0 spiro atoms. The lowest BCUT2D eigenvalue weighted by Crippen LogP contribution is -1.88. The van der Waals surface area contributed by atoms with Gasteiger partial charge in [0.05, 0.1) is 11.6 Å². The van der Waals surface area contributed by atoms with Gasteiger partial charge in [0.25, 0.3) is 0 Å². The summed E-state index contributed by atoms with van der Waals surface area (Å²) in [6.07, 6.45) is 0.714. The van der Waals surface area contributed by atoms with E-state index in [9.17, 15) is 0 Å². The first-order valence-corrected chi connectivity index (χ1v) is 6.44. The normalized spacial score (nSPS) is 10.6. The number of nitrogens with two attached hydrogens (primary N) is 1. The van der Waals surface area contributed by atoms with Crippen molar-refractivity contribution in [1.82, 2.24) is 0 Å². The molecule has 0 unspecified atom stereocenters. The summed E-state index contributed by atoms with van der Waals surface area (Å²) in [6.45, 7) is 2.06. The molecule has 3 heteroatoms. The molecule has 0 saturated heterocycles. The van der Waals surface area contributed by atoms with E-state index in [1.807, 2.05) is 42.5 Å². The fourth-order valence-corrected chi connectivity index (χ4v) is 2.34. The van der Waals surface area contributed by atoms with Crippen molar-refractivity contribution < 1.29 is 4.42 Å². The number of nitrogens with zero attached hydrogens (tertiary/aromatic N) is 1. The van der Waals surface area contributed by atoms with Crippen LogP contribution in [0.2, 0.25) is 0 Å². The number of hydrogen-bond acceptors (Lipinski definition) is 3. The number of furan rings is 1. The number of aryl methyl sites for hydroxylation is 1. The predicted octanol–water partition coefficient (Wildman–Crippen LogP) is 3.79. The van der Waals surface area contributed by atoms with E-state index in [-0.39, 0.29) is 0 Å². The van der Waals surface area contributed by atoms with Gasteiger partial charge >= 0.3 is 0 Å². The number of benzene rings is 2. The molecular formula is C17H14N2O. The number of nitrogen functional groups attached to an aromatic ring is 1. The van der Waals surface area contributed by atoms with Crippen molar-refractivity contribution in [2.75, 3.05) is 5.73 Å². The summed E-state index contributed by atoms with van der Waals surface area (Å²) in [5, 5.41) is 9.90. The van der Waals surface area contributed by atoms with Gasteiger partial charge in [-0.15, -0.1) is 0 Å². The summed E-state index contributed by atoms with van der Waals surface area (Å²) < 4.78 is 5.90. The van der Waals surface area contributed by atoms with Crippen molar-refractivity contribution in [1.29, 1.82) is 5.26 Å². The SMILES string of the molecule is Cc1c(Cc2ccc(C#N)cc2)oc2cc(N)ccc12. The van der Waals surface area contributed by atoms with Gasteiger partial charge in [-0.3, -0.25) is 0 Å². The molecular weight excluding hydrogens is 248 g/mol. The minimum Gasteiger partial charge on any atom is -0.460 e. The molecule has 0 radical (unpaired) electrons. The molecule has 0 fully saturated rings. The van der Waals surface area contributed by atoms with Crippen LogP contribution in [0.15, 0.2) is 46.9 Å². The van der Waals surface area contributed by atoms with Crippen LogP contribution in [0.25, 0.3) is 11.0 Å².